The number of carbonyl (C=O) groups excluding carboxylic acids is 6. The Kier molecular flexibility index (Phi) is 10.3. The maximum absolute atomic E-state index is 13.2. The van der Waals surface area contributed by atoms with Gasteiger partial charge in [-0.2, -0.15) is 0 Å². The van der Waals surface area contributed by atoms with Crippen molar-refractivity contribution >= 4 is 47.0 Å². The summed E-state index contributed by atoms with van der Waals surface area (Å²) in [5.74, 6) is -2.20. The SMILES string of the molecule is CC(C)(C)c1cc(C2=CCC(C3CC=C(c4ccc(OC(=O)c5ccc6c(c5)C(=O)OC6=O)c(C(C)(C)C)c4)CC3)CC2)ccc1OC(=O)c1ccc2c(c1)C(=O)OC2=O. The number of cyclic esters (lactones) is 4. The molecule has 60 heavy (non-hydrogen) atoms. The van der Waals surface area contributed by atoms with Crippen LogP contribution in [0.25, 0.3) is 11.1 Å². The molecule has 4 aromatic rings. The van der Waals surface area contributed by atoms with Gasteiger partial charge < -0.3 is 18.9 Å². The molecule has 0 saturated carbocycles. The average Bonchev–Trinajstić information content (AvgIpc) is 3.68. The Labute approximate surface area is 348 Å². The predicted octanol–water partition coefficient (Wildman–Crippen LogP) is 10.4. The monoisotopic (exact) mass is 806 g/mol. The fourth-order valence-electron chi connectivity index (χ4n) is 8.64. The van der Waals surface area contributed by atoms with Crippen molar-refractivity contribution in [2.24, 2.45) is 11.8 Å². The summed E-state index contributed by atoms with van der Waals surface area (Å²) in [6, 6.07) is 20.4. The van der Waals surface area contributed by atoms with Crippen molar-refractivity contribution in [3.05, 3.63) is 141 Å². The van der Waals surface area contributed by atoms with Gasteiger partial charge in [0.2, 0.25) is 0 Å². The second-order valence-corrected chi connectivity index (χ2v) is 18.1. The van der Waals surface area contributed by atoms with Crippen LogP contribution in [0, 0.1) is 11.8 Å². The highest BCUT2D eigenvalue weighted by atomic mass is 16.6. The lowest BCUT2D eigenvalue weighted by atomic mass is 9.72. The van der Waals surface area contributed by atoms with Crippen LogP contribution in [0.4, 0.5) is 0 Å². The van der Waals surface area contributed by atoms with Gasteiger partial charge in [-0.3, -0.25) is 0 Å². The lowest BCUT2D eigenvalue weighted by Crippen LogP contribution is -2.20. The van der Waals surface area contributed by atoms with Gasteiger partial charge in [-0.05, 0) is 144 Å². The van der Waals surface area contributed by atoms with Crippen LogP contribution in [0.2, 0.25) is 0 Å². The van der Waals surface area contributed by atoms with Gasteiger partial charge in [-0.1, -0.05) is 65.8 Å². The maximum Gasteiger partial charge on any atom is 0.346 e. The summed E-state index contributed by atoms with van der Waals surface area (Å²) in [7, 11) is 0. The number of allylic oxidation sites excluding steroid dienone is 4. The van der Waals surface area contributed by atoms with E-state index in [9.17, 15) is 28.8 Å². The molecule has 0 N–H and O–H groups in total. The molecular formula is C50H46O10. The van der Waals surface area contributed by atoms with Crippen LogP contribution in [0.5, 0.6) is 11.5 Å². The van der Waals surface area contributed by atoms with Gasteiger partial charge in [0.05, 0.1) is 33.4 Å². The van der Waals surface area contributed by atoms with Crippen molar-refractivity contribution in [1.29, 1.82) is 0 Å². The molecule has 4 aliphatic rings. The van der Waals surface area contributed by atoms with Gasteiger partial charge in [0, 0.05) is 11.1 Å². The summed E-state index contributed by atoms with van der Waals surface area (Å²) >= 11 is 0. The standard InChI is InChI=1S/C50H46O10/c1-49(2,3)39-25-31(17-21-41(39)57-43(51)33-15-19-35-37(23-33)47(55)59-45(35)53)29-11-7-27(8-12-29)28-9-13-30(14-10-28)32-18-22-42(40(26-32)50(4,5)6)58-44(52)34-16-20-36-38(24-34)48(56)60-46(36)54/h11,13,15-28H,7-10,12,14H2,1-6H3. The molecule has 0 saturated heterocycles. The van der Waals surface area contributed by atoms with Crippen LogP contribution in [0.3, 0.4) is 0 Å². The zero-order chi connectivity index (χ0) is 42.7. The third kappa shape index (κ3) is 7.86. The second kappa shape index (κ2) is 15.3. The number of ether oxygens (including phenoxy) is 4. The van der Waals surface area contributed by atoms with E-state index < -0.39 is 35.8 Å². The van der Waals surface area contributed by atoms with Crippen molar-refractivity contribution in [2.45, 2.75) is 90.9 Å². The third-order valence-corrected chi connectivity index (χ3v) is 12.1. The summed E-state index contributed by atoms with van der Waals surface area (Å²) in [5.41, 5.74) is 6.63. The Morgan fingerprint density at radius 2 is 0.900 bits per heavy atom. The number of hydrogen-bond donors (Lipinski definition) is 0. The van der Waals surface area contributed by atoms with E-state index in [1.807, 2.05) is 24.3 Å². The van der Waals surface area contributed by atoms with Crippen molar-refractivity contribution in [1.82, 2.24) is 0 Å². The zero-order valence-corrected chi connectivity index (χ0v) is 34.6. The molecule has 0 aromatic heterocycles. The first-order chi connectivity index (χ1) is 28.4. The lowest BCUT2D eigenvalue weighted by molar-refractivity contribution is 0.0425. The Bertz CT molecular complexity index is 2410. The Hall–Kier alpha value is -6.42. The first-order valence-electron chi connectivity index (χ1n) is 20.4. The summed E-state index contributed by atoms with van der Waals surface area (Å²) in [6.45, 7) is 12.5. The topological polar surface area (TPSA) is 139 Å². The van der Waals surface area contributed by atoms with Crippen molar-refractivity contribution < 1.29 is 47.7 Å². The van der Waals surface area contributed by atoms with Gasteiger partial charge in [-0.15, -0.1) is 0 Å². The molecular weight excluding hydrogens is 761 g/mol. The Morgan fingerprint density at radius 3 is 1.25 bits per heavy atom. The molecule has 0 radical (unpaired) electrons. The highest BCUT2D eigenvalue weighted by Crippen LogP contribution is 2.44. The number of benzene rings is 4. The molecule has 0 bridgehead atoms. The molecule has 2 unspecified atom stereocenters. The predicted molar refractivity (Wildman–Crippen MR) is 223 cm³/mol. The van der Waals surface area contributed by atoms with Crippen LogP contribution in [0.15, 0.2) is 84.9 Å². The quantitative estimate of drug-likeness (QED) is 0.101. The Balaban J connectivity index is 0.923. The molecule has 2 aliphatic heterocycles. The van der Waals surface area contributed by atoms with E-state index in [1.54, 1.807) is 0 Å². The van der Waals surface area contributed by atoms with Gasteiger partial charge in [0.15, 0.2) is 0 Å². The fourth-order valence-corrected chi connectivity index (χ4v) is 8.64. The molecule has 10 heteroatoms. The molecule has 0 fully saturated rings. The molecule has 4 aromatic carbocycles. The van der Waals surface area contributed by atoms with Gasteiger partial charge in [0.1, 0.15) is 11.5 Å². The number of carbonyl (C=O) groups is 6. The number of fused-ring (bicyclic) bond motifs is 2. The van der Waals surface area contributed by atoms with E-state index in [-0.39, 0.29) is 44.2 Å². The van der Waals surface area contributed by atoms with E-state index >= 15 is 0 Å². The van der Waals surface area contributed by atoms with E-state index in [1.165, 1.54) is 47.5 Å². The molecule has 10 nitrogen and oxygen atoms in total. The zero-order valence-electron chi connectivity index (χ0n) is 34.6. The molecule has 2 heterocycles. The second-order valence-electron chi connectivity index (χ2n) is 18.1. The summed E-state index contributed by atoms with van der Waals surface area (Å²) in [4.78, 5) is 74.3. The first-order valence-corrected chi connectivity index (χ1v) is 20.4. The molecule has 0 spiro atoms. The van der Waals surface area contributed by atoms with Crippen LogP contribution in [-0.4, -0.2) is 35.8 Å². The first kappa shape index (κ1) is 40.4. The number of rotatable bonds is 7. The van der Waals surface area contributed by atoms with Crippen LogP contribution >= 0.6 is 0 Å². The highest BCUT2D eigenvalue weighted by molar-refractivity contribution is 6.16. The largest absolute Gasteiger partial charge is 0.423 e. The van der Waals surface area contributed by atoms with Crippen LogP contribution < -0.4 is 9.47 Å². The van der Waals surface area contributed by atoms with E-state index in [4.69, 9.17) is 9.47 Å². The number of hydrogen-bond acceptors (Lipinski definition) is 10. The number of esters is 6. The van der Waals surface area contributed by atoms with Crippen molar-refractivity contribution in [3.8, 4) is 11.5 Å². The normalized spacial score (nSPS) is 18.8. The van der Waals surface area contributed by atoms with Crippen molar-refractivity contribution in [3.63, 3.8) is 0 Å². The average molecular weight is 807 g/mol. The minimum Gasteiger partial charge on any atom is -0.423 e. The van der Waals surface area contributed by atoms with Crippen molar-refractivity contribution in [2.75, 3.05) is 0 Å². The van der Waals surface area contributed by atoms with Gasteiger partial charge >= 0.3 is 35.8 Å². The fraction of sp³-hybridized carbons (Fsp3) is 0.320. The molecule has 2 aliphatic carbocycles. The van der Waals surface area contributed by atoms with Gasteiger partial charge in [0.25, 0.3) is 0 Å². The van der Waals surface area contributed by atoms with Crippen LogP contribution in [-0.2, 0) is 20.3 Å². The van der Waals surface area contributed by atoms with E-state index in [0.29, 0.717) is 23.3 Å². The third-order valence-electron chi connectivity index (χ3n) is 12.1. The summed E-state index contributed by atoms with van der Waals surface area (Å²) < 4.78 is 21.1. The minimum atomic E-state index is -0.774. The summed E-state index contributed by atoms with van der Waals surface area (Å²) in [6.07, 6.45) is 10.8. The molecule has 2 atom stereocenters. The lowest BCUT2D eigenvalue weighted by Gasteiger charge is -2.33. The minimum absolute atomic E-state index is 0.0577. The van der Waals surface area contributed by atoms with Gasteiger partial charge in [-0.25, -0.2) is 28.8 Å². The highest BCUT2D eigenvalue weighted by Gasteiger charge is 2.33. The summed E-state index contributed by atoms with van der Waals surface area (Å²) in [5, 5.41) is 0. The Morgan fingerprint density at radius 1 is 0.517 bits per heavy atom. The maximum atomic E-state index is 13.2. The van der Waals surface area contributed by atoms with E-state index in [2.05, 4.69) is 75.3 Å². The molecule has 306 valence electrons. The molecule has 8 rings (SSSR count). The molecule has 0 amide bonds. The van der Waals surface area contributed by atoms with Crippen LogP contribution in [0.1, 0.15) is 164 Å². The van der Waals surface area contributed by atoms with E-state index in [0.717, 1.165) is 60.8 Å². The smallest absolute Gasteiger partial charge is 0.346 e.